The van der Waals surface area contributed by atoms with Crippen LogP contribution < -0.4 is 5.32 Å². The topological polar surface area (TPSA) is 91.0 Å². The molecule has 3 aromatic rings. The van der Waals surface area contributed by atoms with Crippen molar-refractivity contribution in [3.63, 3.8) is 0 Å². The molecular weight excluding hydrogens is 452 g/mol. The molecule has 0 saturated carbocycles. The fourth-order valence-electron chi connectivity index (χ4n) is 4.44. The van der Waals surface area contributed by atoms with E-state index in [1.54, 1.807) is 12.1 Å². The minimum Gasteiger partial charge on any atom is -0.343 e. The first-order valence-electron chi connectivity index (χ1n) is 11.6. The molecule has 3 unspecified atom stereocenters. The van der Waals surface area contributed by atoms with Crippen LogP contribution in [0.25, 0.3) is 0 Å². The first kappa shape index (κ1) is 24.5. The van der Waals surface area contributed by atoms with Crippen LogP contribution in [-0.4, -0.2) is 50.9 Å². The minimum atomic E-state index is -1.31. The lowest BCUT2D eigenvalue weighted by Gasteiger charge is -2.27. The molecule has 1 aliphatic rings. The summed E-state index contributed by atoms with van der Waals surface area (Å²) in [6, 6.07) is 12.5. The SMILES string of the molecule is CC(C)(C)c1ccc(C(NC(=O)C2CC(F)CN2C(=O)Cc2cn[nH]n2)c2ccccc2)cc1F. The van der Waals surface area contributed by atoms with Gasteiger partial charge in [-0.05, 0) is 28.2 Å². The maximum Gasteiger partial charge on any atom is 0.243 e. The first-order chi connectivity index (χ1) is 16.6. The monoisotopic (exact) mass is 481 g/mol. The molecule has 0 radical (unpaired) electrons. The zero-order chi connectivity index (χ0) is 25.2. The van der Waals surface area contributed by atoms with Crippen molar-refractivity contribution in [1.82, 2.24) is 25.6 Å². The number of hydrogen-bond donors (Lipinski definition) is 2. The summed E-state index contributed by atoms with van der Waals surface area (Å²) in [5.74, 6) is -1.26. The van der Waals surface area contributed by atoms with Crippen LogP contribution in [0, 0.1) is 5.82 Å². The van der Waals surface area contributed by atoms with E-state index in [9.17, 15) is 14.0 Å². The number of carbonyl (C=O) groups is 2. The fraction of sp³-hybridized carbons (Fsp3) is 0.385. The van der Waals surface area contributed by atoms with Crippen LogP contribution in [-0.2, 0) is 21.4 Å². The highest BCUT2D eigenvalue weighted by Crippen LogP contribution is 2.30. The minimum absolute atomic E-state index is 0.0887. The first-order valence-corrected chi connectivity index (χ1v) is 11.6. The Bertz CT molecular complexity index is 1180. The molecule has 1 fully saturated rings. The lowest BCUT2D eigenvalue weighted by molar-refractivity contribution is -0.138. The van der Waals surface area contributed by atoms with Gasteiger partial charge in [-0.25, -0.2) is 8.78 Å². The molecule has 2 aromatic carbocycles. The fourth-order valence-corrected chi connectivity index (χ4v) is 4.44. The van der Waals surface area contributed by atoms with Crippen LogP contribution in [0.1, 0.15) is 55.6 Å². The van der Waals surface area contributed by atoms with E-state index in [2.05, 4.69) is 20.7 Å². The number of aromatic nitrogens is 3. The number of rotatable bonds is 6. The summed E-state index contributed by atoms with van der Waals surface area (Å²) in [5, 5.41) is 12.9. The second-order valence-electron chi connectivity index (χ2n) is 9.87. The van der Waals surface area contributed by atoms with Gasteiger partial charge < -0.3 is 10.2 Å². The Morgan fingerprint density at radius 3 is 2.54 bits per heavy atom. The summed E-state index contributed by atoms with van der Waals surface area (Å²) in [4.78, 5) is 27.4. The van der Waals surface area contributed by atoms with Gasteiger partial charge in [-0.1, -0.05) is 63.2 Å². The van der Waals surface area contributed by atoms with E-state index in [1.807, 2.05) is 51.1 Å². The third kappa shape index (κ3) is 5.55. The quantitative estimate of drug-likeness (QED) is 0.563. The number of amides is 2. The summed E-state index contributed by atoms with van der Waals surface area (Å²) in [5.41, 5.74) is 1.91. The van der Waals surface area contributed by atoms with Gasteiger partial charge in [0.1, 0.15) is 18.0 Å². The number of hydrogen-bond acceptors (Lipinski definition) is 4. The van der Waals surface area contributed by atoms with Crippen molar-refractivity contribution in [1.29, 1.82) is 0 Å². The second-order valence-corrected chi connectivity index (χ2v) is 9.87. The van der Waals surface area contributed by atoms with Crippen molar-refractivity contribution in [3.05, 3.63) is 82.9 Å². The lowest BCUT2D eigenvalue weighted by atomic mass is 9.85. The van der Waals surface area contributed by atoms with Crippen molar-refractivity contribution in [3.8, 4) is 0 Å². The molecule has 9 heteroatoms. The van der Waals surface area contributed by atoms with E-state index in [0.29, 0.717) is 16.8 Å². The highest BCUT2D eigenvalue weighted by Gasteiger charge is 2.40. The average Bonchev–Trinajstić information content (AvgIpc) is 3.46. The van der Waals surface area contributed by atoms with Crippen LogP contribution >= 0.6 is 0 Å². The largest absolute Gasteiger partial charge is 0.343 e. The number of H-pyrrole nitrogens is 1. The van der Waals surface area contributed by atoms with Gasteiger partial charge in [-0.2, -0.15) is 15.4 Å². The van der Waals surface area contributed by atoms with E-state index in [1.165, 1.54) is 17.2 Å². The van der Waals surface area contributed by atoms with Crippen LogP contribution in [0.2, 0.25) is 0 Å². The number of nitrogens with one attached hydrogen (secondary N) is 2. The normalized spacial score (nSPS) is 18.9. The molecule has 0 bridgehead atoms. The zero-order valence-corrected chi connectivity index (χ0v) is 20.0. The molecule has 7 nitrogen and oxygen atoms in total. The van der Waals surface area contributed by atoms with Crippen LogP contribution in [0.5, 0.6) is 0 Å². The number of carbonyl (C=O) groups excluding carboxylic acids is 2. The van der Waals surface area contributed by atoms with Gasteiger partial charge in [0.15, 0.2) is 0 Å². The number of likely N-dealkylation sites (tertiary alicyclic amines) is 1. The molecule has 2 amide bonds. The van der Waals surface area contributed by atoms with Crippen molar-refractivity contribution in [2.24, 2.45) is 0 Å². The molecule has 3 atom stereocenters. The van der Waals surface area contributed by atoms with Gasteiger partial charge in [0.05, 0.1) is 30.9 Å². The Kier molecular flexibility index (Phi) is 6.95. The van der Waals surface area contributed by atoms with Crippen LogP contribution in [0.4, 0.5) is 8.78 Å². The smallest absolute Gasteiger partial charge is 0.243 e. The van der Waals surface area contributed by atoms with Crippen molar-refractivity contribution in [2.45, 2.75) is 57.3 Å². The maximum atomic E-state index is 15.0. The van der Waals surface area contributed by atoms with E-state index >= 15 is 4.39 Å². The molecule has 1 aliphatic heterocycles. The number of aromatic amines is 1. The average molecular weight is 482 g/mol. The van der Waals surface area contributed by atoms with E-state index in [-0.39, 0.29) is 30.6 Å². The lowest BCUT2D eigenvalue weighted by Crippen LogP contribution is -2.47. The van der Waals surface area contributed by atoms with Gasteiger partial charge in [-0.3, -0.25) is 9.59 Å². The molecule has 1 aromatic heterocycles. The second kappa shape index (κ2) is 9.93. The van der Waals surface area contributed by atoms with Gasteiger partial charge in [0.25, 0.3) is 0 Å². The number of nitrogens with zero attached hydrogens (tertiary/aromatic N) is 3. The van der Waals surface area contributed by atoms with E-state index in [0.717, 1.165) is 5.56 Å². The highest BCUT2D eigenvalue weighted by molar-refractivity contribution is 5.89. The number of benzene rings is 2. The van der Waals surface area contributed by atoms with Gasteiger partial charge in [0, 0.05) is 6.42 Å². The van der Waals surface area contributed by atoms with Gasteiger partial charge >= 0.3 is 0 Å². The molecule has 1 saturated heterocycles. The maximum absolute atomic E-state index is 15.0. The van der Waals surface area contributed by atoms with E-state index in [4.69, 9.17) is 0 Å². The third-order valence-corrected chi connectivity index (χ3v) is 6.22. The summed E-state index contributed by atoms with van der Waals surface area (Å²) < 4.78 is 29.4. The van der Waals surface area contributed by atoms with Crippen molar-refractivity contribution in [2.75, 3.05) is 6.54 Å². The Morgan fingerprint density at radius 1 is 1.17 bits per heavy atom. The highest BCUT2D eigenvalue weighted by atomic mass is 19.1. The summed E-state index contributed by atoms with van der Waals surface area (Å²) >= 11 is 0. The standard InChI is InChI=1S/C26H29F2N5O2/c1-26(2,3)20-10-9-17(11-21(20)28)24(16-7-5-4-6-8-16)30-25(35)22-12-18(27)15-33(22)23(34)13-19-14-29-32-31-19/h4-11,14,18,22,24H,12-13,15H2,1-3H3,(H,30,35)(H,29,31,32). The predicted octanol–water partition coefficient (Wildman–Crippen LogP) is 3.63. The molecule has 184 valence electrons. The third-order valence-electron chi connectivity index (χ3n) is 6.22. The summed E-state index contributed by atoms with van der Waals surface area (Å²) in [6.45, 7) is 5.62. The molecule has 0 aliphatic carbocycles. The number of halogens is 2. The van der Waals surface area contributed by atoms with Crippen molar-refractivity contribution >= 4 is 11.8 Å². The molecule has 35 heavy (non-hydrogen) atoms. The van der Waals surface area contributed by atoms with Crippen molar-refractivity contribution < 1.29 is 18.4 Å². The zero-order valence-electron chi connectivity index (χ0n) is 20.0. The molecule has 2 heterocycles. The Labute approximate surface area is 202 Å². The molecule has 0 spiro atoms. The molecular formula is C26H29F2N5O2. The summed E-state index contributed by atoms with van der Waals surface area (Å²) in [6.07, 6.45) is -0.0909. The Hall–Kier alpha value is -3.62. The summed E-state index contributed by atoms with van der Waals surface area (Å²) in [7, 11) is 0. The Morgan fingerprint density at radius 2 is 1.91 bits per heavy atom. The molecule has 4 rings (SSSR count). The number of alkyl halides is 1. The Balaban J connectivity index is 1.60. The van der Waals surface area contributed by atoms with Gasteiger partial charge in [-0.15, -0.1) is 0 Å². The van der Waals surface area contributed by atoms with E-state index < -0.39 is 30.1 Å². The van der Waals surface area contributed by atoms with Crippen LogP contribution in [0.3, 0.4) is 0 Å². The molecule has 2 N–H and O–H groups in total. The predicted molar refractivity (Wildman–Crippen MR) is 127 cm³/mol. The van der Waals surface area contributed by atoms with Gasteiger partial charge in [0.2, 0.25) is 11.8 Å². The van der Waals surface area contributed by atoms with Crippen LogP contribution in [0.15, 0.2) is 54.7 Å².